The lowest BCUT2D eigenvalue weighted by molar-refractivity contribution is 0.0932. The highest BCUT2D eigenvalue weighted by Gasteiger charge is 2.32. The van der Waals surface area contributed by atoms with Crippen LogP contribution in [-0.2, 0) is 0 Å². The molecule has 1 aliphatic carbocycles. The number of benzene rings is 1. The highest BCUT2D eigenvalue weighted by atomic mass is 16.5. The summed E-state index contributed by atoms with van der Waals surface area (Å²) in [4.78, 5) is 12.5. The monoisotopic (exact) mass is 273 g/mol. The molecule has 0 bridgehead atoms. The maximum atomic E-state index is 12.5. The van der Waals surface area contributed by atoms with Gasteiger partial charge >= 0.3 is 0 Å². The summed E-state index contributed by atoms with van der Waals surface area (Å²) in [6, 6.07) is 6.22. The van der Waals surface area contributed by atoms with Crippen molar-refractivity contribution in [2.75, 3.05) is 0 Å². The Kier molecular flexibility index (Phi) is 3.45. The molecule has 20 heavy (non-hydrogen) atoms. The zero-order chi connectivity index (χ0) is 14.3. The van der Waals surface area contributed by atoms with Crippen molar-refractivity contribution in [1.29, 1.82) is 0 Å². The zero-order valence-electron chi connectivity index (χ0n) is 12.5. The fraction of sp³-hybridized carbons (Fsp3) is 0.588. The van der Waals surface area contributed by atoms with E-state index < -0.39 is 0 Å². The number of amides is 1. The summed E-state index contributed by atoms with van der Waals surface area (Å²) in [6.07, 6.45) is 3.54. The average Bonchev–Trinajstić information content (AvgIpc) is 2.94. The number of hydrogen-bond donors (Lipinski definition) is 1. The molecule has 1 aromatic rings. The Morgan fingerprint density at radius 1 is 1.25 bits per heavy atom. The van der Waals surface area contributed by atoms with Crippen LogP contribution < -0.4 is 10.1 Å². The summed E-state index contributed by atoms with van der Waals surface area (Å²) in [5.74, 6) is 1.88. The summed E-state index contributed by atoms with van der Waals surface area (Å²) in [6.45, 7) is 6.46. The second kappa shape index (κ2) is 5.12. The standard InChI is InChI=1S/C17H23NO2/c1-10-7-8-13(9-10)18-17(19)15-6-4-5-14-11(2)12(3)20-16(14)15/h4-6,10-13H,7-9H2,1-3H3,(H,18,19). The van der Waals surface area contributed by atoms with Crippen LogP contribution in [-0.4, -0.2) is 18.1 Å². The molecule has 0 saturated heterocycles. The van der Waals surface area contributed by atoms with Gasteiger partial charge in [-0.2, -0.15) is 0 Å². The van der Waals surface area contributed by atoms with Gasteiger partial charge in [-0.3, -0.25) is 4.79 Å². The lowest BCUT2D eigenvalue weighted by Gasteiger charge is -2.14. The number of rotatable bonds is 2. The Hall–Kier alpha value is -1.51. The first kappa shape index (κ1) is 13.5. The van der Waals surface area contributed by atoms with Crippen LogP contribution in [0, 0.1) is 5.92 Å². The van der Waals surface area contributed by atoms with Gasteiger partial charge in [0.05, 0.1) is 5.56 Å². The number of fused-ring (bicyclic) bond motifs is 1. The number of carbonyl (C=O) groups is 1. The van der Waals surface area contributed by atoms with Gasteiger partial charge in [-0.15, -0.1) is 0 Å². The van der Waals surface area contributed by atoms with Gasteiger partial charge in [-0.1, -0.05) is 26.0 Å². The van der Waals surface area contributed by atoms with E-state index in [0.29, 0.717) is 17.5 Å². The van der Waals surface area contributed by atoms with Crippen molar-refractivity contribution in [3.05, 3.63) is 29.3 Å². The summed E-state index contributed by atoms with van der Waals surface area (Å²) >= 11 is 0. The van der Waals surface area contributed by atoms with E-state index in [1.807, 2.05) is 12.1 Å². The van der Waals surface area contributed by atoms with E-state index >= 15 is 0 Å². The molecule has 1 heterocycles. The van der Waals surface area contributed by atoms with Crippen LogP contribution in [0.5, 0.6) is 5.75 Å². The van der Waals surface area contributed by atoms with E-state index in [-0.39, 0.29) is 12.0 Å². The number of nitrogens with one attached hydrogen (secondary N) is 1. The van der Waals surface area contributed by atoms with E-state index in [2.05, 4.69) is 32.2 Å². The van der Waals surface area contributed by atoms with E-state index in [9.17, 15) is 4.79 Å². The molecule has 1 aliphatic heterocycles. The molecule has 1 amide bonds. The van der Waals surface area contributed by atoms with Crippen LogP contribution in [0.1, 0.15) is 61.9 Å². The second-order valence-electron chi connectivity index (χ2n) is 6.42. The van der Waals surface area contributed by atoms with Crippen LogP contribution in [0.4, 0.5) is 0 Å². The topological polar surface area (TPSA) is 38.3 Å². The van der Waals surface area contributed by atoms with Gasteiger partial charge in [0.15, 0.2) is 0 Å². The second-order valence-corrected chi connectivity index (χ2v) is 6.42. The van der Waals surface area contributed by atoms with Crippen LogP contribution in [0.2, 0.25) is 0 Å². The number of carbonyl (C=O) groups excluding carboxylic acids is 1. The maximum Gasteiger partial charge on any atom is 0.255 e. The van der Waals surface area contributed by atoms with Gasteiger partial charge in [0.1, 0.15) is 11.9 Å². The number of ether oxygens (including phenoxy) is 1. The van der Waals surface area contributed by atoms with Gasteiger partial charge in [-0.05, 0) is 38.2 Å². The fourth-order valence-corrected chi connectivity index (χ4v) is 3.37. The van der Waals surface area contributed by atoms with Crippen molar-refractivity contribution in [2.45, 2.75) is 58.1 Å². The zero-order valence-corrected chi connectivity index (χ0v) is 12.5. The fourth-order valence-electron chi connectivity index (χ4n) is 3.37. The van der Waals surface area contributed by atoms with E-state index in [4.69, 9.17) is 4.74 Å². The van der Waals surface area contributed by atoms with Gasteiger partial charge < -0.3 is 10.1 Å². The lowest BCUT2D eigenvalue weighted by Crippen LogP contribution is -2.33. The Labute approximate surface area is 120 Å². The highest BCUT2D eigenvalue weighted by Crippen LogP contribution is 2.40. The quantitative estimate of drug-likeness (QED) is 0.895. The lowest BCUT2D eigenvalue weighted by atomic mass is 9.96. The Morgan fingerprint density at radius 2 is 2.05 bits per heavy atom. The van der Waals surface area contributed by atoms with Crippen molar-refractivity contribution >= 4 is 5.91 Å². The summed E-state index contributed by atoms with van der Waals surface area (Å²) in [5, 5.41) is 3.17. The van der Waals surface area contributed by atoms with Gasteiger partial charge in [-0.25, -0.2) is 0 Å². The van der Waals surface area contributed by atoms with E-state index in [1.165, 1.54) is 6.42 Å². The van der Waals surface area contributed by atoms with Crippen molar-refractivity contribution in [3.8, 4) is 5.75 Å². The van der Waals surface area contributed by atoms with Crippen LogP contribution >= 0.6 is 0 Å². The van der Waals surface area contributed by atoms with Gasteiger partial charge in [0.25, 0.3) is 5.91 Å². The molecule has 4 atom stereocenters. The summed E-state index contributed by atoms with van der Waals surface area (Å²) in [7, 11) is 0. The molecule has 3 nitrogen and oxygen atoms in total. The first-order valence-electron chi connectivity index (χ1n) is 7.66. The van der Waals surface area contributed by atoms with Crippen LogP contribution in [0.3, 0.4) is 0 Å². The molecule has 1 fully saturated rings. The van der Waals surface area contributed by atoms with E-state index in [1.54, 1.807) is 0 Å². The third kappa shape index (κ3) is 2.30. The molecule has 0 aromatic heterocycles. The van der Waals surface area contributed by atoms with Crippen molar-refractivity contribution in [2.24, 2.45) is 5.92 Å². The van der Waals surface area contributed by atoms with Crippen molar-refractivity contribution < 1.29 is 9.53 Å². The minimum Gasteiger partial charge on any atom is -0.489 e. The maximum absolute atomic E-state index is 12.5. The van der Waals surface area contributed by atoms with Crippen molar-refractivity contribution in [3.63, 3.8) is 0 Å². The largest absolute Gasteiger partial charge is 0.489 e. The molecular weight excluding hydrogens is 250 g/mol. The van der Waals surface area contributed by atoms with Gasteiger partial charge in [0.2, 0.25) is 0 Å². The highest BCUT2D eigenvalue weighted by molar-refractivity contribution is 5.97. The molecule has 3 heteroatoms. The third-order valence-corrected chi connectivity index (χ3v) is 4.82. The molecule has 108 valence electrons. The Balaban J connectivity index is 1.80. The predicted molar refractivity (Wildman–Crippen MR) is 79.2 cm³/mol. The van der Waals surface area contributed by atoms with Crippen LogP contribution in [0.15, 0.2) is 18.2 Å². The first-order chi connectivity index (χ1) is 9.56. The molecule has 0 radical (unpaired) electrons. The minimum atomic E-state index is 0.0160. The smallest absolute Gasteiger partial charge is 0.255 e. The average molecular weight is 273 g/mol. The molecule has 1 saturated carbocycles. The predicted octanol–water partition coefficient (Wildman–Crippen LogP) is 3.49. The molecule has 4 unspecified atom stereocenters. The van der Waals surface area contributed by atoms with Gasteiger partial charge in [0, 0.05) is 17.5 Å². The SMILES string of the molecule is CC1CCC(NC(=O)c2cccc3c2OC(C)C3C)C1. The molecule has 0 spiro atoms. The van der Waals surface area contributed by atoms with E-state index in [0.717, 1.165) is 30.1 Å². The Morgan fingerprint density at radius 3 is 2.75 bits per heavy atom. The molecular formula is C17H23NO2. The minimum absolute atomic E-state index is 0.0160. The Bertz CT molecular complexity index is 526. The van der Waals surface area contributed by atoms with Crippen molar-refractivity contribution in [1.82, 2.24) is 5.32 Å². The normalized spacial score (nSPS) is 31.8. The summed E-state index contributed by atoms with van der Waals surface area (Å²) in [5.41, 5.74) is 1.85. The molecule has 1 aromatic carbocycles. The number of hydrogen-bond acceptors (Lipinski definition) is 2. The molecule has 3 rings (SSSR count). The molecule has 1 N–H and O–H groups in total. The third-order valence-electron chi connectivity index (χ3n) is 4.82. The first-order valence-corrected chi connectivity index (χ1v) is 7.66. The summed E-state index contributed by atoms with van der Waals surface area (Å²) < 4.78 is 5.90. The van der Waals surface area contributed by atoms with Crippen LogP contribution in [0.25, 0.3) is 0 Å². The molecule has 2 aliphatic rings. The number of para-hydroxylation sites is 1.